The molecule has 5 rings (SSSR count). The van der Waals surface area contributed by atoms with Gasteiger partial charge in [0.15, 0.2) is 0 Å². The molecule has 4 N–H and O–H groups in total. The quantitative estimate of drug-likeness (QED) is 0.353. The van der Waals surface area contributed by atoms with E-state index < -0.39 is 18.2 Å². The number of hydrazine groups is 1. The Morgan fingerprint density at radius 1 is 1.08 bits per heavy atom. The molecule has 200 valence electrons. The number of hydrogen-bond donors (Lipinski definition) is 3. The predicted octanol–water partition coefficient (Wildman–Crippen LogP) is 3.69. The lowest BCUT2D eigenvalue weighted by atomic mass is 10.0. The summed E-state index contributed by atoms with van der Waals surface area (Å²) in [5.41, 5.74) is 13.1. The van der Waals surface area contributed by atoms with Gasteiger partial charge in [-0.15, -0.1) is 0 Å². The molecular weight excluding hydrogens is 480 g/mol. The lowest BCUT2D eigenvalue weighted by Crippen LogP contribution is -2.51. The minimum Gasteiger partial charge on any atom is -0.445 e. The summed E-state index contributed by atoms with van der Waals surface area (Å²) in [4.78, 5) is 17.3. The third-order valence-corrected chi connectivity index (χ3v) is 7.43. The zero-order chi connectivity index (χ0) is 26.3. The molecule has 1 saturated carbocycles. The Balaban J connectivity index is 1.23. The Bertz CT molecular complexity index is 1150. The van der Waals surface area contributed by atoms with Gasteiger partial charge in [-0.2, -0.15) is 0 Å². The highest BCUT2D eigenvalue weighted by Crippen LogP contribution is 2.37. The molecule has 2 aromatic carbocycles. The number of nitrogens with one attached hydrogen (secondary N) is 1. The van der Waals surface area contributed by atoms with Crippen LogP contribution >= 0.6 is 0 Å². The number of carbonyl (C=O) groups excluding carboxylic acids is 1. The number of hydrogen-bond acceptors (Lipinski definition) is 7. The topological polar surface area (TPSA) is 110 Å². The van der Waals surface area contributed by atoms with Crippen LogP contribution in [0.4, 0.5) is 4.79 Å². The molecule has 1 aromatic heterocycles. The highest BCUT2D eigenvalue weighted by Gasteiger charge is 2.40. The van der Waals surface area contributed by atoms with Crippen LogP contribution in [0.25, 0.3) is 11.3 Å². The second kappa shape index (κ2) is 12.5. The zero-order valence-electron chi connectivity index (χ0n) is 21.5. The van der Waals surface area contributed by atoms with Gasteiger partial charge in [-0.25, -0.2) is 9.80 Å². The van der Waals surface area contributed by atoms with E-state index in [1.807, 2.05) is 72.8 Å². The van der Waals surface area contributed by atoms with Crippen LogP contribution in [-0.4, -0.2) is 58.7 Å². The van der Waals surface area contributed by atoms with Gasteiger partial charge in [-0.05, 0) is 48.4 Å². The number of fused-ring (bicyclic) bond motifs is 1. The van der Waals surface area contributed by atoms with Crippen LogP contribution in [0.2, 0.25) is 0 Å². The predicted molar refractivity (Wildman–Crippen MR) is 145 cm³/mol. The highest BCUT2D eigenvalue weighted by molar-refractivity contribution is 5.66. The van der Waals surface area contributed by atoms with Crippen molar-refractivity contribution in [2.75, 3.05) is 13.2 Å². The van der Waals surface area contributed by atoms with Crippen LogP contribution in [0.3, 0.4) is 0 Å². The van der Waals surface area contributed by atoms with Gasteiger partial charge in [0.1, 0.15) is 6.10 Å². The first kappa shape index (κ1) is 26.3. The normalized spacial score (nSPS) is 22.1. The first-order chi connectivity index (χ1) is 18.5. The molecule has 2 fully saturated rings. The van der Waals surface area contributed by atoms with Crippen molar-refractivity contribution >= 4 is 6.09 Å². The first-order valence-electron chi connectivity index (χ1n) is 13.3. The Hall–Kier alpha value is -3.30. The van der Waals surface area contributed by atoms with Crippen molar-refractivity contribution in [2.24, 2.45) is 11.7 Å². The standard InChI is InChI=1S/C30H36N4O4/c31-26(16-21-6-2-1-3-7-21)28(35)20-34(33-30(36)38-25-17-24-13-15-37-29(24)18-25)19-22-9-11-23(12-10-22)27-8-4-5-14-32-27/h1-12,14,24-26,28-29,35H,13,15-20,31H2,(H,33,36). The van der Waals surface area contributed by atoms with Crippen molar-refractivity contribution < 1.29 is 19.4 Å². The van der Waals surface area contributed by atoms with E-state index in [4.69, 9.17) is 15.2 Å². The summed E-state index contributed by atoms with van der Waals surface area (Å²) in [5, 5.41) is 12.6. The van der Waals surface area contributed by atoms with Gasteiger partial charge in [0, 0.05) is 43.9 Å². The maximum Gasteiger partial charge on any atom is 0.422 e. The first-order valence-corrected chi connectivity index (χ1v) is 13.3. The molecule has 5 unspecified atom stereocenters. The SMILES string of the molecule is NC(Cc1ccccc1)C(O)CN(Cc1ccc(-c2ccccn2)cc1)NC(=O)OC1CC2CCOC2C1. The molecule has 2 aliphatic rings. The van der Waals surface area contributed by atoms with Gasteiger partial charge in [-0.3, -0.25) is 10.4 Å². The van der Waals surface area contributed by atoms with E-state index in [9.17, 15) is 9.90 Å². The van der Waals surface area contributed by atoms with E-state index in [1.165, 1.54) is 0 Å². The van der Waals surface area contributed by atoms with Crippen LogP contribution in [0.5, 0.6) is 0 Å². The van der Waals surface area contributed by atoms with Crippen LogP contribution in [0, 0.1) is 5.92 Å². The zero-order valence-corrected chi connectivity index (χ0v) is 21.5. The summed E-state index contributed by atoms with van der Waals surface area (Å²) < 4.78 is 11.5. The van der Waals surface area contributed by atoms with Crippen molar-refractivity contribution in [1.29, 1.82) is 0 Å². The Morgan fingerprint density at radius 2 is 1.87 bits per heavy atom. The lowest BCUT2D eigenvalue weighted by molar-refractivity contribution is 0.0319. The summed E-state index contributed by atoms with van der Waals surface area (Å²) in [6.45, 7) is 1.33. The van der Waals surface area contributed by atoms with Gasteiger partial charge in [0.25, 0.3) is 0 Å². The smallest absolute Gasteiger partial charge is 0.422 e. The van der Waals surface area contributed by atoms with Crippen LogP contribution in [-0.2, 0) is 22.4 Å². The van der Waals surface area contributed by atoms with Crippen LogP contribution in [0.15, 0.2) is 79.0 Å². The minimum absolute atomic E-state index is 0.157. The summed E-state index contributed by atoms with van der Waals surface area (Å²) in [7, 11) is 0. The summed E-state index contributed by atoms with van der Waals surface area (Å²) >= 11 is 0. The van der Waals surface area contributed by atoms with Gasteiger partial charge < -0.3 is 20.3 Å². The Morgan fingerprint density at radius 3 is 2.61 bits per heavy atom. The Labute approximate surface area is 223 Å². The van der Waals surface area contributed by atoms with Gasteiger partial charge >= 0.3 is 6.09 Å². The van der Waals surface area contributed by atoms with Crippen molar-refractivity contribution in [2.45, 2.75) is 56.6 Å². The molecule has 8 nitrogen and oxygen atoms in total. The maximum atomic E-state index is 12.9. The van der Waals surface area contributed by atoms with E-state index in [0.717, 1.165) is 48.3 Å². The Kier molecular flexibility index (Phi) is 8.65. The molecule has 0 bridgehead atoms. The molecule has 8 heteroatoms. The molecule has 1 amide bonds. The average molecular weight is 517 g/mol. The molecule has 0 spiro atoms. The van der Waals surface area contributed by atoms with Gasteiger partial charge in [0.2, 0.25) is 0 Å². The van der Waals surface area contributed by atoms with Gasteiger partial charge in [0.05, 0.1) is 17.9 Å². The van der Waals surface area contributed by atoms with Crippen molar-refractivity contribution in [3.63, 3.8) is 0 Å². The fourth-order valence-electron chi connectivity index (χ4n) is 5.39. The molecular formula is C30H36N4O4. The number of pyridine rings is 1. The van der Waals surface area contributed by atoms with Crippen molar-refractivity contribution in [1.82, 2.24) is 15.4 Å². The number of aliphatic hydroxyl groups excluding tert-OH is 1. The molecule has 3 aromatic rings. The van der Waals surface area contributed by atoms with Gasteiger partial charge in [-0.1, -0.05) is 60.7 Å². The maximum absolute atomic E-state index is 12.9. The second-order valence-corrected chi connectivity index (χ2v) is 10.3. The fraction of sp³-hybridized carbons (Fsp3) is 0.400. The molecule has 1 aliphatic heterocycles. The molecule has 1 saturated heterocycles. The third-order valence-electron chi connectivity index (χ3n) is 7.43. The minimum atomic E-state index is -0.859. The highest BCUT2D eigenvalue weighted by atomic mass is 16.6. The van der Waals surface area contributed by atoms with E-state index in [0.29, 0.717) is 18.9 Å². The van der Waals surface area contributed by atoms with E-state index >= 15 is 0 Å². The van der Waals surface area contributed by atoms with Crippen molar-refractivity contribution in [3.05, 3.63) is 90.1 Å². The summed E-state index contributed by atoms with van der Waals surface area (Å²) in [6.07, 6.45) is 3.54. The summed E-state index contributed by atoms with van der Waals surface area (Å²) in [5.74, 6) is 0.472. The average Bonchev–Trinajstić information content (AvgIpc) is 3.52. The van der Waals surface area contributed by atoms with E-state index in [1.54, 1.807) is 11.2 Å². The number of aromatic nitrogens is 1. The largest absolute Gasteiger partial charge is 0.445 e. The molecule has 0 radical (unpaired) electrons. The number of nitrogens with two attached hydrogens (primary N) is 1. The third kappa shape index (κ3) is 6.96. The van der Waals surface area contributed by atoms with Crippen LogP contribution < -0.4 is 11.2 Å². The van der Waals surface area contributed by atoms with Crippen molar-refractivity contribution in [3.8, 4) is 11.3 Å². The van der Waals surface area contributed by atoms with E-state index in [2.05, 4.69) is 10.4 Å². The number of aliphatic hydroxyl groups is 1. The summed E-state index contributed by atoms with van der Waals surface area (Å²) in [6, 6.07) is 23.2. The number of rotatable bonds is 10. The second-order valence-electron chi connectivity index (χ2n) is 10.3. The fourth-order valence-corrected chi connectivity index (χ4v) is 5.39. The van der Waals surface area contributed by atoms with E-state index in [-0.39, 0.29) is 18.8 Å². The number of nitrogens with zero attached hydrogens (tertiary/aromatic N) is 2. The molecule has 38 heavy (non-hydrogen) atoms. The monoisotopic (exact) mass is 516 g/mol. The molecule has 5 atom stereocenters. The number of ether oxygens (including phenoxy) is 2. The van der Waals surface area contributed by atoms with Crippen LogP contribution in [0.1, 0.15) is 30.4 Å². The number of benzene rings is 2. The molecule has 1 aliphatic carbocycles. The molecule has 2 heterocycles. The number of amides is 1. The number of carbonyl (C=O) groups is 1. The lowest BCUT2D eigenvalue weighted by Gasteiger charge is -2.28.